The van der Waals surface area contributed by atoms with Gasteiger partial charge in [0.15, 0.2) is 0 Å². The van der Waals surface area contributed by atoms with E-state index >= 15 is 0 Å². The minimum Gasteiger partial charge on any atom is -0.388 e. The first-order valence-corrected chi connectivity index (χ1v) is 14.9. The second-order valence-electron chi connectivity index (χ2n) is 11.0. The summed E-state index contributed by atoms with van der Waals surface area (Å²) < 4.78 is 0. The van der Waals surface area contributed by atoms with Gasteiger partial charge in [0, 0.05) is 86.9 Å². The van der Waals surface area contributed by atoms with Crippen molar-refractivity contribution in [1.29, 1.82) is 0 Å². The molecule has 0 aliphatic carbocycles. The summed E-state index contributed by atoms with van der Waals surface area (Å²) in [6.07, 6.45) is 2.86. The highest BCUT2D eigenvalue weighted by Gasteiger charge is 2.55. The van der Waals surface area contributed by atoms with E-state index in [0.717, 1.165) is 37.7 Å². The second-order valence-corrected chi connectivity index (χ2v) is 11.9. The van der Waals surface area contributed by atoms with E-state index in [-0.39, 0.29) is 5.91 Å². The number of aromatic nitrogens is 2. The Balaban J connectivity index is 1.18. The van der Waals surface area contributed by atoms with Crippen molar-refractivity contribution in [3.63, 3.8) is 0 Å². The maximum atomic E-state index is 13.2. The van der Waals surface area contributed by atoms with Crippen molar-refractivity contribution in [1.82, 2.24) is 29.6 Å². The molecule has 3 aliphatic rings. The molecule has 0 bridgehead atoms. The molecule has 3 saturated heterocycles. The zero-order valence-corrected chi connectivity index (χ0v) is 24.5. The van der Waals surface area contributed by atoms with Crippen LogP contribution in [0.4, 0.5) is 5.95 Å². The summed E-state index contributed by atoms with van der Waals surface area (Å²) in [7, 11) is 0. The molecule has 6 rings (SSSR count). The Hall–Kier alpha value is -2.79. The van der Waals surface area contributed by atoms with Gasteiger partial charge in [-0.2, -0.15) is 0 Å². The molecule has 9 nitrogen and oxygen atoms in total. The molecule has 2 unspecified atom stereocenters. The lowest BCUT2D eigenvalue weighted by molar-refractivity contribution is -0.131. The largest absolute Gasteiger partial charge is 0.388 e. The van der Waals surface area contributed by atoms with Crippen LogP contribution in [-0.4, -0.2) is 118 Å². The molecule has 1 N–H and O–H groups in total. The van der Waals surface area contributed by atoms with E-state index < -0.39 is 11.8 Å². The highest BCUT2D eigenvalue weighted by Crippen LogP contribution is 2.35. The number of amides is 1. The van der Waals surface area contributed by atoms with Gasteiger partial charge in [-0.15, -0.1) is 0 Å². The van der Waals surface area contributed by atoms with E-state index in [0.29, 0.717) is 55.8 Å². The van der Waals surface area contributed by atoms with Crippen LogP contribution in [0.25, 0.3) is 0 Å². The first-order valence-electron chi connectivity index (χ1n) is 14.1. The van der Waals surface area contributed by atoms with Crippen LogP contribution in [-0.2, 0) is 6.54 Å². The van der Waals surface area contributed by atoms with Crippen molar-refractivity contribution >= 4 is 35.1 Å². The topological polar surface area (TPSA) is 79.3 Å². The molecule has 3 fully saturated rings. The van der Waals surface area contributed by atoms with Crippen LogP contribution in [0.2, 0.25) is 10.0 Å². The maximum Gasteiger partial charge on any atom is 0.253 e. The highest BCUT2D eigenvalue weighted by molar-refractivity contribution is 6.30. The van der Waals surface area contributed by atoms with Crippen molar-refractivity contribution in [2.45, 2.75) is 18.3 Å². The van der Waals surface area contributed by atoms with Gasteiger partial charge in [0.05, 0.1) is 13.1 Å². The van der Waals surface area contributed by atoms with Gasteiger partial charge in [-0.25, -0.2) is 9.97 Å². The third kappa shape index (κ3) is 5.93. The lowest BCUT2D eigenvalue weighted by atomic mass is 9.98. The molecule has 1 amide bonds. The van der Waals surface area contributed by atoms with E-state index in [2.05, 4.69) is 41.7 Å². The van der Waals surface area contributed by atoms with Crippen LogP contribution in [0.15, 0.2) is 67.0 Å². The highest BCUT2D eigenvalue weighted by atomic mass is 35.5. The molecule has 0 radical (unpaired) electrons. The smallest absolute Gasteiger partial charge is 0.253 e. The van der Waals surface area contributed by atoms with E-state index in [1.807, 2.05) is 17.0 Å². The quantitative estimate of drug-likeness (QED) is 0.466. The number of nitrogens with zero attached hydrogens (tertiary/aromatic N) is 7. The molecule has 4 heterocycles. The standard InChI is InChI=1S/C30H35Cl2N7O2/c31-25-6-2-23(3-7-25)20-35-12-16-38(17-13-35)30(22-37(21-27(30)40)29-33-10-1-11-34-29)39-18-14-36(15-19-39)28(41)24-4-8-26(32)9-5-24/h1-11,27,40H,12-22H2. The monoisotopic (exact) mass is 595 g/mol. The number of rotatable bonds is 6. The third-order valence-electron chi connectivity index (χ3n) is 8.63. The number of carbonyl (C=O) groups excluding carboxylic acids is 1. The molecule has 1 aromatic heterocycles. The van der Waals surface area contributed by atoms with E-state index in [4.69, 9.17) is 23.2 Å². The average molecular weight is 597 g/mol. The number of carbonyl (C=O) groups is 1. The summed E-state index contributed by atoms with van der Waals surface area (Å²) in [4.78, 5) is 33.4. The number of hydrogen-bond acceptors (Lipinski definition) is 8. The van der Waals surface area contributed by atoms with Gasteiger partial charge in [-0.1, -0.05) is 35.3 Å². The SMILES string of the molecule is O=C(c1ccc(Cl)cc1)N1CCN(C2(N3CCN(Cc4ccc(Cl)cc4)CC3)CN(c3ncccn3)CC2O)CC1. The number of anilines is 1. The van der Waals surface area contributed by atoms with Crippen LogP contribution < -0.4 is 4.90 Å². The van der Waals surface area contributed by atoms with Crippen molar-refractivity contribution in [3.05, 3.63) is 88.2 Å². The van der Waals surface area contributed by atoms with Gasteiger partial charge in [0.2, 0.25) is 5.95 Å². The first-order chi connectivity index (χ1) is 19.9. The number of halogens is 2. The van der Waals surface area contributed by atoms with E-state index in [1.54, 1.807) is 42.7 Å². The Morgan fingerprint density at radius 2 is 1.39 bits per heavy atom. The molecule has 41 heavy (non-hydrogen) atoms. The summed E-state index contributed by atoms with van der Waals surface area (Å²) in [5.41, 5.74) is 1.29. The Morgan fingerprint density at radius 1 is 0.829 bits per heavy atom. The van der Waals surface area contributed by atoms with Crippen molar-refractivity contribution in [3.8, 4) is 0 Å². The molecule has 2 atom stereocenters. The fraction of sp³-hybridized carbons (Fsp3) is 0.433. The lowest BCUT2D eigenvalue weighted by Gasteiger charge is -2.54. The van der Waals surface area contributed by atoms with Gasteiger partial charge < -0.3 is 14.9 Å². The van der Waals surface area contributed by atoms with E-state index in [1.165, 1.54) is 5.56 Å². The van der Waals surface area contributed by atoms with Gasteiger partial charge in [0.25, 0.3) is 5.91 Å². The van der Waals surface area contributed by atoms with Gasteiger partial charge >= 0.3 is 0 Å². The molecular formula is C30H35Cl2N7O2. The summed E-state index contributed by atoms with van der Waals surface area (Å²) >= 11 is 12.1. The second kappa shape index (κ2) is 12.2. The zero-order valence-electron chi connectivity index (χ0n) is 22.9. The predicted octanol–water partition coefficient (Wildman–Crippen LogP) is 2.94. The Bertz CT molecular complexity index is 1310. The van der Waals surface area contributed by atoms with Crippen LogP contribution in [0, 0.1) is 0 Å². The van der Waals surface area contributed by atoms with Gasteiger partial charge in [-0.3, -0.25) is 19.5 Å². The normalized spacial score (nSPS) is 24.6. The summed E-state index contributed by atoms with van der Waals surface area (Å²) in [6.45, 7) is 7.91. The third-order valence-corrected chi connectivity index (χ3v) is 9.13. The van der Waals surface area contributed by atoms with Crippen molar-refractivity contribution < 1.29 is 9.90 Å². The fourth-order valence-electron chi connectivity index (χ4n) is 6.45. The molecule has 0 spiro atoms. The number of hydrogen-bond donors (Lipinski definition) is 1. The van der Waals surface area contributed by atoms with Crippen LogP contribution in [0.3, 0.4) is 0 Å². The zero-order chi connectivity index (χ0) is 28.4. The van der Waals surface area contributed by atoms with Crippen molar-refractivity contribution in [2.24, 2.45) is 0 Å². The number of aliphatic hydroxyl groups is 1. The number of piperazine rings is 2. The van der Waals surface area contributed by atoms with Gasteiger partial charge in [-0.05, 0) is 48.0 Å². The summed E-state index contributed by atoms with van der Waals surface area (Å²) in [5, 5.41) is 13.1. The Labute approximate surface area is 250 Å². The minimum absolute atomic E-state index is 0.0115. The lowest BCUT2D eigenvalue weighted by Crippen LogP contribution is -2.72. The molecule has 2 aromatic carbocycles. The van der Waals surface area contributed by atoms with Crippen LogP contribution in [0.1, 0.15) is 15.9 Å². The molecule has 11 heteroatoms. The van der Waals surface area contributed by atoms with Gasteiger partial charge in [0.1, 0.15) is 11.8 Å². The molecule has 3 aromatic rings. The summed E-state index contributed by atoms with van der Waals surface area (Å²) in [5.74, 6) is 0.642. The summed E-state index contributed by atoms with van der Waals surface area (Å²) in [6, 6.07) is 16.9. The minimum atomic E-state index is -0.618. The molecular weight excluding hydrogens is 561 g/mol. The fourth-order valence-corrected chi connectivity index (χ4v) is 6.70. The van der Waals surface area contributed by atoms with E-state index in [9.17, 15) is 9.90 Å². The van der Waals surface area contributed by atoms with Crippen LogP contribution >= 0.6 is 23.2 Å². The average Bonchev–Trinajstić information content (AvgIpc) is 3.37. The number of β-amino-alcohol motifs (C(OH)–C–C–N with tert-alkyl or cyclic N) is 1. The van der Waals surface area contributed by atoms with Crippen LogP contribution in [0.5, 0.6) is 0 Å². The Kier molecular flexibility index (Phi) is 8.44. The Morgan fingerprint density at radius 3 is 2.00 bits per heavy atom. The van der Waals surface area contributed by atoms with Crippen molar-refractivity contribution in [2.75, 3.05) is 70.3 Å². The maximum absolute atomic E-state index is 13.2. The number of benzene rings is 2. The molecule has 0 saturated carbocycles. The first kappa shape index (κ1) is 28.3. The number of aliphatic hydroxyl groups excluding tert-OH is 1. The molecule has 216 valence electrons. The predicted molar refractivity (Wildman–Crippen MR) is 160 cm³/mol. The molecule has 3 aliphatic heterocycles.